The van der Waals surface area contributed by atoms with E-state index in [4.69, 9.17) is 5.73 Å². The lowest BCUT2D eigenvalue weighted by atomic mass is 10.1. The number of aliphatic imine (C=N–C) groups is 1. The molecule has 4 rings (SSSR count). The Labute approximate surface area is 162 Å². The summed E-state index contributed by atoms with van der Waals surface area (Å²) in [7, 11) is 0. The minimum Gasteiger partial charge on any atom is -0.383 e. The fraction of sp³-hybridized carbons (Fsp3) is 0.0476. The smallest absolute Gasteiger partial charge is 0.144 e. The summed E-state index contributed by atoms with van der Waals surface area (Å²) in [6.45, 7) is -0.306. The van der Waals surface area contributed by atoms with E-state index in [1.54, 1.807) is 18.2 Å². The molecule has 0 unspecified atom stereocenters. The molecule has 1 aromatic heterocycles. The van der Waals surface area contributed by atoms with Crippen LogP contribution in [0, 0.1) is 23.3 Å². The van der Waals surface area contributed by atoms with Crippen molar-refractivity contribution in [1.29, 1.82) is 0 Å². The molecule has 4 nitrogen and oxygen atoms in total. The highest BCUT2D eigenvalue weighted by molar-refractivity contribution is 6.07. The Morgan fingerprint density at radius 2 is 1.45 bits per heavy atom. The summed E-state index contributed by atoms with van der Waals surface area (Å²) in [6, 6.07) is 12.0. The zero-order chi connectivity index (χ0) is 20.5. The second-order valence-electron chi connectivity index (χ2n) is 6.29. The number of hydrogen-bond donors (Lipinski definition) is 2. The molecule has 0 saturated heterocycles. The monoisotopic (exact) mass is 398 g/mol. The van der Waals surface area contributed by atoms with Gasteiger partial charge in [0.25, 0.3) is 0 Å². The number of nitrogens with two attached hydrogens (primary N) is 1. The van der Waals surface area contributed by atoms with Crippen molar-refractivity contribution in [3.63, 3.8) is 0 Å². The fourth-order valence-corrected chi connectivity index (χ4v) is 3.01. The van der Waals surface area contributed by atoms with Gasteiger partial charge in [-0.25, -0.2) is 22.5 Å². The molecule has 0 spiro atoms. The van der Waals surface area contributed by atoms with Crippen LogP contribution in [0.25, 0.3) is 22.4 Å². The number of para-hydroxylation sites is 1. The molecule has 0 atom stereocenters. The van der Waals surface area contributed by atoms with E-state index >= 15 is 0 Å². The van der Waals surface area contributed by atoms with Crippen molar-refractivity contribution in [2.24, 2.45) is 10.7 Å². The van der Waals surface area contributed by atoms with Gasteiger partial charge in [-0.05, 0) is 36.4 Å². The molecule has 3 N–H and O–H groups in total. The molecule has 0 fully saturated rings. The van der Waals surface area contributed by atoms with Crippen LogP contribution in [0.3, 0.4) is 0 Å². The summed E-state index contributed by atoms with van der Waals surface area (Å²) in [5.41, 5.74) is 6.71. The quantitative estimate of drug-likeness (QED) is 0.298. The first kappa shape index (κ1) is 18.7. The molecule has 0 saturated carbocycles. The molecule has 0 aliphatic carbocycles. The maximum Gasteiger partial charge on any atom is 0.144 e. The first-order chi connectivity index (χ1) is 14.0. The summed E-state index contributed by atoms with van der Waals surface area (Å²) in [5, 5.41) is 0. The van der Waals surface area contributed by atoms with Gasteiger partial charge in [0, 0.05) is 11.1 Å². The molecule has 0 amide bonds. The Balaban J connectivity index is 1.76. The summed E-state index contributed by atoms with van der Waals surface area (Å²) in [6.07, 6.45) is 0. The van der Waals surface area contributed by atoms with E-state index in [1.807, 2.05) is 0 Å². The normalized spacial score (nSPS) is 11.9. The molecule has 29 heavy (non-hydrogen) atoms. The molecular weight excluding hydrogens is 384 g/mol. The molecule has 3 aromatic carbocycles. The van der Waals surface area contributed by atoms with Crippen molar-refractivity contribution < 1.29 is 17.6 Å². The maximum atomic E-state index is 14.1. The Bertz CT molecular complexity index is 1210. The Kier molecular flexibility index (Phi) is 4.75. The largest absolute Gasteiger partial charge is 0.383 e. The number of H-pyrrole nitrogens is 1. The highest BCUT2D eigenvalue weighted by Gasteiger charge is 2.17. The van der Waals surface area contributed by atoms with Crippen LogP contribution in [-0.2, 0) is 6.54 Å². The molecule has 0 aliphatic heterocycles. The zero-order valence-electron chi connectivity index (χ0n) is 14.9. The van der Waals surface area contributed by atoms with Crippen LogP contribution >= 0.6 is 0 Å². The van der Waals surface area contributed by atoms with Gasteiger partial charge in [-0.1, -0.05) is 18.2 Å². The summed E-state index contributed by atoms with van der Waals surface area (Å²) < 4.78 is 55.7. The molecule has 0 aliphatic rings. The van der Waals surface area contributed by atoms with Crippen LogP contribution < -0.4 is 5.73 Å². The van der Waals surface area contributed by atoms with Crippen LogP contribution in [0.4, 0.5) is 17.6 Å². The van der Waals surface area contributed by atoms with Gasteiger partial charge >= 0.3 is 0 Å². The minimum absolute atomic E-state index is 0.00371. The van der Waals surface area contributed by atoms with E-state index < -0.39 is 23.3 Å². The summed E-state index contributed by atoms with van der Waals surface area (Å²) >= 11 is 0. The lowest BCUT2D eigenvalue weighted by Gasteiger charge is -2.04. The third-order valence-electron chi connectivity index (χ3n) is 4.46. The first-order valence-electron chi connectivity index (χ1n) is 8.62. The van der Waals surface area contributed by atoms with Gasteiger partial charge in [0.2, 0.25) is 0 Å². The number of hydrogen-bond acceptors (Lipinski definition) is 2. The van der Waals surface area contributed by atoms with Gasteiger partial charge in [-0.2, -0.15) is 0 Å². The van der Waals surface area contributed by atoms with Crippen molar-refractivity contribution >= 4 is 16.9 Å². The molecule has 0 bridgehead atoms. The molecule has 146 valence electrons. The van der Waals surface area contributed by atoms with E-state index in [1.165, 1.54) is 12.1 Å². The van der Waals surface area contributed by atoms with Crippen LogP contribution in [0.15, 0.2) is 59.6 Å². The maximum absolute atomic E-state index is 14.1. The number of aromatic nitrogens is 2. The van der Waals surface area contributed by atoms with E-state index in [9.17, 15) is 17.6 Å². The molecule has 1 heterocycles. The molecule has 0 radical (unpaired) electrons. The van der Waals surface area contributed by atoms with Crippen LogP contribution in [0.5, 0.6) is 0 Å². The van der Waals surface area contributed by atoms with Gasteiger partial charge in [0.15, 0.2) is 0 Å². The number of fused-ring (bicyclic) bond motifs is 1. The molecule has 4 aromatic rings. The van der Waals surface area contributed by atoms with Crippen molar-refractivity contribution in [1.82, 2.24) is 9.97 Å². The average molecular weight is 398 g/mol. The molecule has 8 heteroatoms. The number of aromatic amines is 1. The van der Waals surface area contributed by atoms with Gasteiger partial charge < -0.3 is 10.7 Å². The zero-order valence-corrected chi connectivity index (χ0v) is 14.9. The Morgan fingerprint density at radius 1 is 0.862 bits per heavy atom. The Hall–Kier alpha value is -3.68. The van der Waals surface area contributed by atoms with Gasteiger partial charge in [-0.3, -0.25) is 4.99 Å². The van der Waals surface area contributed by atoms with E-state index in [2.05, 4.69) is 15.0 Å². The van der Waals surface area contributed by atoms with Crippen LogP contribution in [-0.4, -0.2) is 15.8 Å². The van der Waals surface area contributed by atoms with Crippen molar-refractivity contribution in [2.75, 3.05) is 0 Å². The fourth-order valence-electron chi connectivity index (χ4n) is 3.01. The van der Waals surface area contributed by atoms with Gasteiger partial charge in [-0.15, -0.1) is 0 Å². The third kappa shape index (κ3) is 3.44. The third-order valence-corrected chi connectivity index (χ3v) is 4.46. The SMILES string of the molecule is NC(=NCc1c(F)cccc1F)c1cccc2[nH]c(-c3c(F)cccc3F)nc12. The highest BCUT2D eigenvalue weighted by atomic mass is 19.1. The van der Waals surface area contributed by atoms with Crippen LogP contribution in [0.2, 0.25) is 0 Å². The first-order valence-corrected chi connectivity index (χ1v) is 8.62. The lowest BCUT2D eigenvalue weighted by molar-refractivity contribution is 0.557. The summed E-state index contributed by atoms with van der Waals surface area (Å²) in [5.74, 6) is -2.99. The second-order valence-corrected chi connectivity index (χ2v) is 6.29. The number of nitrogens with one attached hydrogen (secondary N) is 1. The molecular formula is C21H14F4N4. The lowest BCUT2D eigenvalue weighted by Crippen LogP contribution is -2.14. The highest BCUT2D eigenvalue weighted by Crippen LogP contribution is 2.27. The number of rotatable bonds is 4. The summed E-state index contributed by atoms with van der Waals surface area (Å²) in [4.78, 5) is 11.2. The number of nitrogens with zero attached hydrogens (tertiary/aromatic N) is 2. The van der Waals surface area contributed by atoms with Crippen molar-refractivity contribution in [3.8, 4) is 11.4 Å². The van der Waals surface area contributed by atoms with E-state index in [0.717, 1.165) is 24.3 Å². The number of amidine groups is 1. The number of imidazole rings is 1. The predicted molar refractivity (Wildman–Crippen MR) is 102 cm³/mol. The topological polar surface area (TPSA) is 67.1 Å². The number of benzene rings is 3. The average Bonchev–Trinajstić information content (AvgIpc) is 3.11. The predicted octanol–water partition coefficient (Wildman–Crippen LogP) is 4.69. The van der Waals surface area contributed by atoms with Crippen molar-refractivity contribution in [3.05, 3.63) is 89.0 Å². The standard InChI is InChI=1S/C21H14F4N4/c22-13-5-2-6-14(23)12(13)10-27-20(26)11-4-1-9-17-19(11)29-21(28-17)18-15(24)7-3-8-16(18)25/h1-9H,10H2,(H2,26,27)(H,28,29). The van der Waals surface area contributed by atoms with Gasteiger partial charge in [0.05, 0.1) is 23.1 Å². The number of halogens is 4. The van der Waals surface area contributed by atoms with Gasteiger partial charge in [0.1, 0.15) is 34.9 Å². The van der Waals surface area contributed by atoms with E-state index in [0.29, 0.717) is 16.6 Å². The second kappa shape index (κ2) is 7.38. The van der Waals surface area contributed by atoms with Crippen molar-refractivity contribution in [2.45, 2.75) is 6.54 Å². The van der Waals surface area contributed by atoms with E-state index in [-0.39, 0.29) is 29.3 Å². The Morgan fingerprint density at radius 3 is 2.10 bits per heavy atom. The van der Waals surface area contributed by atoms with Crippen LogP contribution in [0.1, 0.15) is 11.1 Å². The minimum atomic E-state index is -0.762.